The molecule has 0 bridgehead atoms. The minimum atomic E-state index is -3.80. The van der Waals surface area contributed by atoms with Gasteiger partial charge in [-0.2, -0.15) is 0 Å². The fraction of sp³-hybridized carbons (Fsp3) is 0.211. The highest BCUT2D eigenvalue weighted by Crippen LogP contribution is 2.32. The Balaban J connectivity index is 2.64. The van der Waals surface area contributed by atoms with E-state index in [1.54, 1.807) is 30.3 Å². The largest absolute Gasteiger partial charge is 0.309 e. The molecule has 0 fully saturated rings. The maximum Gasteiger partial charge on any atom is 0.238 e. The summed E-state index contributed by atoms with van der Waals surface area (Å²) >= 11 is 12.2. The lowest BCUT2D eigenvalue weighted by atomic mass is 9.92. The Morgan fingerprint density at radius 1 is 1.04 bits per heavy atom. The van der Waals surface area contributed by atoms with Crippen molar-refractivity contribution in [2.24, 2.45) is 5.14 Å². The van der Waals surface area contributed by atoms with Gasteiger partial charge in [0.1, 0.15) is 6.29 Å². The van der Waals surface area contributed by atoms with Crippen LogP contribution in [0.5, 0.6) is 0 Å². The maximum absolute atomic E-state index is 11.8. The third-order valence-corrected chi connectivity index (χ3v) is 5.64. The van der Waals surface area contributed by atoms with Gasteiger partial charge in [0.05, 0.1) is 14.9 Å². The van der Waals surface area contributed by atoms with Crippen LogP contribution in [0.3, 0.4) is 0 Å². The molecule has 144 valence electrons. The molecule has 0 aliphatic rings. The predicted octanol–water partition coefficient (Wildman–Crippen LogP) is 3.59. The Kier molecular flexibility index (Phi) is 7.19. The number of carbonyl (C=O) groups is 1. The third kappa shape index (κ3) is 5.64. The van der Waals surface area contributed by atoms with Crippen LogP contribution in [0.4, 0.5) is 0 Å². The van der Waals surface area contributed by atoms with Crippen molar-refractivity contribution < 1.29 is 13.2 Å². The van der Waals surface area contributed by atoms with Gasteiger partial charge in [-0.3, -0.25) is 4.79 Å². The van der Waals surface area contributed by atoms with Crippen molar-refractivity contribution >= 4 is 45.1 Å². The number of hydrogen-bond donors (Lipinski definition) is 1. The fourth-order valence-electron chi connectivity index (χ4n) is 2.59. The van der Waals surface area contributed by atoms with Crippen molar-refractivity contribution in [3.8, 4) is 0 Å². The zero-order valence-corrected chi connectivity index (χ0v) is 17.3. The topological polar surface area (TPSA) is 80.5 Å². The molecule has 0 amide bonds. The molecule has 0 saturated heterocycles. The van der Waals surface area contributed by atoms with Gasteiger partial charge in [0, 0.05) is 12.1 Å². The standard InChI is InChI=1S/C19H20Cl2N2O3S/c1-23(2)10-9-15(12-24)19(14-5-8-17(20)18(21)11-14)13-3-6-16(7-4-13)27(22,25)26/h3-8,11-12H,9-10H2,1-2H3,(H2,22,25,26)/b19-15-. The lowest BCUT2D eigenvalue weighted by molar-refractivity contribution is -0.105. The van der Waals surface area contributed by atoms with E-state index in [9.17, 15) is 13.2 Å². The van der Waals surface area contributed by atoms with Gasteiger partial charge in [0.25, 0.3) is 0 Å². The van der Waals surface area contributed by atoms with Crippen LogP contribution in [-0.2, 0) is 14.8 Å². The molecular weight excluding hydrogens is 407 g/mol. The summed E-state index contributed by atoms with van der Waals surface area (Å²) in [6, 6.07) is 11.2. The van der Waals surface area contributed by atoms with Crippen LogP contribution in [-0.4, -0.2) is 40.2 Å². The number of sulfonamides is 1. The van der Waals surface area contributed by atoms with Crippen LogP contribution in [0.1, 0.15) is 17.5 Å². The highest BCUT2D eigenvalue weighted by molar-refractivity contribution is 7.89. The molecule has 27 heavy (non-hydrogen) atoms. The van der Waals surface area contributed by atoms with Crippen LogP contribution in [0, 0.1) is 0 Å². The van der Waals surface area contributed by atoms with E-state index in [2.05, 4.69) is 0 Å². The van der Waals surface area contributed by atoms with Crippen molar-refractivity contribution in [3.63, 3.8) is 0 Å². The Bertz CT molecular complexity index is 969. The summed E-state index contributed by atoms with van der Waals surface area (Å²) < 4.78 is 23.0. The molecule has 8 heteroatoms. The SMILES string of the molecule is CN(C)CC/C(C=O)=C(\c1ccc(S(N)(=O)=O)cc1)c1ccc(Cl)c(Cl)c1. The van der Waals surface area contributed by atoms with Gasteiger partial charge in [0.2, 0.25) is 10.0 Å². The highest BCUT2D eigenvalue weighted by Gasteiger charge is 2.15. The van der Waals surface area contributed by atoms with E-state index in [0.717, 1.165) is 6.29 Å². The van der Waals surface area contributed by atoms with Crippen LogP contribution < -0.4 is 5.14 Å². The molecule has 0 aromatic heterocycles. The molecule has 2 aromatic rings. The minimum Gasteiger partial charge on any atom is -0.309 e. The van der Waals surface area contributed by atoms with Gasteiger partial charge in [-0.1, -0.05) is 41.4 Å². The number of benzene rings is 2. The fourth-order valence-corrected chi connectivity index (χ4v) is 3.40. The molecule has 0 aliphatic carbocycles. The number of primary sulfonamides is 1. The average Bonchev–Trinajstić information content (AvgIpc) is 2.60. The summed E-state index contributed by atoms with van der Waals surface area (Å²) in [5.74, 6) is 0. The van der Waals surface area contributed by atoms with Gasteiger partial charge in [-0.25, -0.2) is 13.6 Å². The summed E-state index contributed by atoms with van der Waals surface area (Å²) in [7, 11) is 0.0373. The van der Waals surface area contributed by atoms with Crippen LogP contribution in [0.25, 0.3) is 5.57 Å². The first-order valence-corrected chi connectivity index (χ1v) is 10.4. The average molecular weight is 427 g/mol. The van der Waals surface area contributed by atoms with E-state index < -0.39 is 10.0 Å². The van der Waals surface area contributed by atoms with Crippen molar-refractivity contribution in [2.45, 2.75) is 11.3 Å². The van der Waals surface area contributed by atoms with Crippen LogP contribution >= 0.6 is 23.2 Å². The summed E-state index contributed by atoms with van der Waals surface area (Å²) in [5.41, 5.74) is 2.65. The molecule has 2 rings (SSSR count). The molecule has 0 spiro atoms. The number of rotatable bonds is 7. The zero-order chi connectivity index (χ0) is 20.2. The van der Waals surface area contributed by atoms with Crippen molar-refractivity contribution in [1.29, 1.82) is 0 Å². The zero-order valence-electron chi connectivity index (χ0n) is 14.9. The number of halogens is 2. The van der Waals surface area contributed by atoms with Gasteiger partial charge in [-0.05, 0) is 61.5 Å². The number of nitrogens with zero attached hydrogens (tertiary/aromatic N) is 1. The molecule has 5 nitrogen and oxygen atoms in total. The van der Waals surface area contributed by atoms with E-state index >= 15 is 0 Å². The lowest BCUT2D eigenvalue weighted by Gasteiger charge is -2.16. The van der Waals surface area contributed by atoms with Gasteiger partial charge >= 0.3 is 0 Å². The quantitative estimate of drug-likeness (QED) is 0.541. The second-order valence-corrected chi connectivity index (χ2v) is 8.65. The summed E-state index contributed by atoms with van der Waals surface area (Å²) in [6.07, 6.45) is 1.33. The Labute approximate surface area is 169 Å². The number of carbonyl (C=O) groups excluding carboxylic acids is 1. The number of hydrogen-bond acceptors (Lipinski definition) is 4. The Morgan fingerprint density at radius 3 is 2.11 bits per heavy atom. The Morgan fingerprint density at radius 2 is 1.63 bits per heavy atom. The summed E-state index contributed by atoms with van der Waals surface area (Å²) in [5, 5.41) is 5.94. The molecule has 0 saturated carbocycles. The second-order valence-electron chi connectivity index (χ2n) is 6.27. The first-order chi connectivity index (χ1) is 12.6. The molecule has 0 atom stereocenters. The second kappa shape index (κ2) is 8.99. The molecule has 2 aromatic carbocycles. The normalized spacial score (nSPS) is 12.8. The van der Waals surface area contributed by atoms with Gasteiger partial charge in [0.15, 0.2) is 0 Å². The molecule has 0 unspecified atom stereocenters. The molecule has 2 N–H and O–H groups in total. The lowest BCUT2D eigenvalue weighted by Crippen LogP contribution is -2.14. The molecule has 0 radical (unpaired) electrons. The Hall–Kier alpha value is -1.70. The van der Waals surface area contributed by atoms with Crippen LogP contribution in [0.2, 0.25) is 10.0 Å². The minimum absolute atomic E-state index is 0.000633. The molecule has 0 aliphatic heterocycles. The first kappa shape index (κ1) is 21.6. The van der Waals surface area contributed by atoms with Gasteiger partial charge in [-0.15, -0.1) is 0 Å². The maximum atomic E-state index is 11.8. The number of aldehydes is 1. The van der Waals surface area contributed by atoms with E-state index in [0.29, 0.717) is 45.3 Å². The van der Waals surface area contributed by atoms with E-state index in [1.807, 2.05) is 19.0 Å². The van der Waals surface area contributed by atoms with Crippen molar-refractivity contribution in [3.05, 3.63) is 69.2 Å². The van der Waals surface area contributed by atoms with E-state index in [4.69, 9.17) is 28.3 Å². The molecule has 0 heterocycles. The number of nitrogens with two attached hydrogens (primary N) is 1. The predicted molar refractivity (Wildman–Crippen MR) is 110 cm³/mol. The van der Waals surface area contributed by atoms with E-state index in [-0.39, 0.29) is 4.90 Å². The summed E-state index contributed by atoms with van der Waals surface area (Å²) in [6.45, 7) is 0.675. The van der Waals surface area contributed by atoms with Crippen molar-refractivity contribution in [2.75, 3.05) is 20.6 Å². The smallest absolute Gasteiger partial charge is 0.238 e. The monoisotopic (exact) mass is 426 g/mol. The summed E-state index contributed by atoms with van der Waals surface area (Å²) in [4.78, 5) is 13.8. The first-order valence-electron chi connectivity index (χ1n) is 8.05. The van der Waals surface area contributed by atoms with Crippen molar-refractivity contribution in [1.82, 2.24) is 4.90 Å². The molecular formula is C19H20Cl2N2O3S. The highest BCUT2D eigenvalue weighted by atomic mass is 35.5. The van der Waals surface area contributed by atoms with Crippen LogP contribution in [0.15, 0.2) is 52.9 Å². The van der Waals surface area contributed by atoms with E-state index in [1.165, 1.54) is 12.1 Å². The third-order valence-electron chi connectivity index (χ3n) is 3.97. The van der Waals surface area contributed by atoms with Gasteiger partial charge < -0.3 is 4.90 Å².